The molecule has 0 unspecified atom stereocenters. The van der Waals surface area contributed by atoms with Crippen molar-refractivity contribution in [3.8, 4) is 17.2 Å². The predicted octanol–water partition coefficient (Wildman–Crippen LogP) is 6.04. The van der Waals surface area contributed by atoms with Crippen LogP contribution in [0.5, 0.6) is 17.2 Å². The molecule has 32 heavy (non-hydrogen) atoms. The van der Waals surface area contributed by atoms with E-state index < -0.39 is 11.9 Å². The van der Waals surface area contributed by atoms with E-state index in [9.17, 15) is 9.59 Å². The molecule has 0 N–H and O–H groups in total. The molecule has 3 rings (SSSR count). The molecule has 166 valence electrons. The van der Waals surface area contributed by atoms with Crippen molar-refractivity contribution in [2.24, 2.45) is 0 Å². The van der Waals surface area contributed by atoms with Crippen LogP contribution in [0.25, 0.3) is 0 Å². The number of methoxy groups -OCH3 is 1. The Bertz CT molecular complexity index is 1050. The van der Waals surface area contributed by atoms with Crippen molar-refractivity contribution in [2.45, 2.75) is 39.5 Å². The van der Waals surface area contributed by atoms with Gasteiger partial charge in [-0.25, -0.2) is 9.59 Å². The van der Waals surface area contributed by atoms with Crippen LogP contribution in [0.1, 0.15) is 58.5 Å². The van der Waals surface area contributed by atoms with Crippen molar-refractivity contribution in [1.29, 1.82) is 0 Å². The largest absolute Gasteiger partial charge is 0.496 e. The van der Waals surface area contributed by atoms with E-state index in [1.165, 1.54) is 36.4 Å². The van der Waals surface area contributed by atoms with E-state index in [0.717, 1.165) is 25.7 Å². The zero-order chi connectivity index (χ0) is 22.9. The minimum Gasteiger partial charge on any atom is -0.496 e. The summed E-state index contributed by atoms with van der Waals surface area (Å²) in [5, 5.41) is 0. The number of ether oxygens (including phenoxy) is 3. The van der Waals surface area contributed by atoms with Gasteiger partial charge in [-0.3, -0.25) is 0 Å². The number of esters is 2. The van der Waals surface area contributed by atoms with Gasteiger partial charge in [-0.05, 0) is 66.4 Å². The second-order valence-electron chi connectivity index (χ2n) is 7.48. The molecular weight excluding hydrogens is 404 g/mol. The third kappa shape index (κ3) is 5.97. The Morgan fingerprint density at radius 3 is 1.66 bits per heavy atom. The van der Waals surface area contributed by atoms with E-state index in [1.54, 1.807) is 24.3 Å². The van der Waals surface area contributed by atoms with Gasteiger partial charge in [-0.2, -0.15) is 0 Å². The molecule has 0 aliphatic heterocycles. The molecule has 0 aliphatic carbocycles. The van der Waals surface area contributed by atoms with Crippen molar-refractivity contribution < 1.29 is 23.8 Å². The first-order valence-electron chi connectivity index (χ1n) is 10.8. The quantitative estimate of drug-likeness (QED) is 0.305. The van der Waals surface area contributed by atoms with E-state index in [1.807, 2.05) is 24.3 Å². The molecule has 0 fully saturated rings. The van der Waals surface area contributed by atoms with Crippen LogP contribution in [-0.4, -0.2) is 19.0 Å². The van der Waals surface area contributed by atoms with Gasteiger partial charge in [-0.1, -0.05) is 51.0 Å². The van der Waals surface area contributed by atoms with E-state index in [0.29, 0.717) is 11.5 Å². The molecule has 5 heteroatoms. The van der Waals surface area contributed by atoms with E-state index >= 15 is 0 Å². The number of benzene rings is 3. The van der Waals surface area contributed by atoms with Gasteiger partial charge in [0.2, 0.25) is 0 Å². The Morgan fingerprint density at radius 2 is 1.19 bits per heavy atom. The first kappa shape index (κ1) is 23.1. The summed E-state index contributed by atoms with van der Waals surface area (Å²) >= 11 is 0. The molecule has 0 saturated heterocycles. The molecule has 3 aromatic carbocycles. The molecule has 0 heterocycles. The number of hydrogen-bond acceptors (Lipinski definition) is 5. The van der Waals surface area contributed by atoms with Crippen LogP contribution in [-0.2, 0) is 12.8 Å². The van der Waals surface area contributed by atoms with Gasteiger partial charge < -0.3 is 14.2 Å². The first-order chi connectivity index (χ1) is 15.5. The third-order valence-electron chi connectivity index (χ3n) is 5.00. The summed E-state index contributed by atoms with van der Waals surface area (Å²) in [5.74, 6) is 0.0654. The van der Waals surface area contributed by atoms with Crippen LogP contribution < -0.4 is 14.2 Å². The van der Waals surface area contributed by atoms with Gasteiger partial charge in [0.05, 0.1) is 12.7 Å². The lowest BCUT2D eigenvalue weighted by Crippen LogP contribution is -2.13. The zero-order valence-corrected chi connectivity index (χ0v) is 18.7. The number of rotatable bonds is 9. The Morgan fingerprint density at radius 1 is 0.688 bits per heavy atom. The van der Waals surface area contributed by atoms with Crippen molar-refractivity contribution >= 4 is 11.9 Å². The lowest BCUT2D eigenvalue weighted by Gasteiger charge is -2.11. The van der Waals surface area contributed by atoms with Crippen LogP contribution >= 0.6 is 0 Å². The molecule has 3 aromatic rings. The van der Waals surface area contributed by atoms with Gasteiger partial charge in [0.1, 0.15) is 22.8 Å². The number of carbonyl (C=O) groups is 2. The number of aryl methyl sites for hydroxylation is 2. The average Bonchev–Trinajstić information content (AvgIpc) is 2.81. The lowest BCUT2D eigenvalue weighted by molar-refractivity contribution is 0.0717. The maximum Gasteiger partial charge on any atom is 0.347 e. The monoisotopic (exact) mass is 432 g/mol. The molecule has 5 nitrogen and oxygen atoms in total. The smallest absolute Gasteiger partial charge is 0.347 e. The van der Waals surface area contributed by atoms with E-state index in [-0.39, 0.29) is 16.9 Å². The number of hydrogen-bond donors (Lipinski definition) is 0. The molecule has 0 bridgehead atoms. The highest BCUT2D eigenvalue weighted by Crippen LogP contribution is 2.24. The van der Waals surface area contributed by atoms with Crippen LogP contribution in [0.4, 0.5) is 0 Å². The second-order valence-corrected chi connectivity index (χ2v) is 7.48. The van der Waals surface area contributed by atoms with Gasteiger partial charge in [-0.15, -0.1) is 0 Å². The fraction of sp³-hybridized carbons (Fsp3) is 0.259. The summed E-state index contributed by atoms with van der Waals surface area (Å²) in [6, 6.07) is 19.4. The molecule has 0 aromatic heterocycles. The molecule has 0 saturated carbocycles. The zero-order valence-electron chi connectivity index (χ0n) is 18.7. The van der Waals surface area contributed by atoms with Crippen LogP contribution in [0.2, 0.25) is 0 Å². The van der Waals surface area contributed by atoms with Crippen LogP contribution in [0.15, 0.2) is 66.7 Å². The summed E-state index contributed by atoms with van der Waals surface area (Å²) in [7, 11) is 1.44. The Hall–Kier alpha value is -3.60. The summed E-state index contributed by atoms with van der Waals surface area (Å²) in [6.45, 7) is 4.23. The maximum absolute atomic E-state index is 12.6. The van der Waals surface area contributed by atoms with Gasteiger partial charge in [0.25, 0.3) is 0 Å². The van der Waals surface area contributed by atoms with Crippen molar-refractivity contribution in [3.63, 3.8) is 0 Å². The lowest BCUT2D eigenvalue weighted by atomic mass is 10.1. The summed E-state index contributed by atoms with van der Waals surface area (Å²) < 4.78 is 16.2. The molecule has 0 spiro atoms. The first-order valence-corrected chi connectivity index (χ1v) is 10.8. The molecule has 0 amide bonds. The van der Waals surface area contributed by atoms with Crippen molar-refractivity contribution in [2.75, 3.05) is 7.11 Å². The maximum atomic E-state index is 12.6. The summed E-state index contributed by atoms with van der Waals surface area (Å²) in [5.41, 5.74) is 2.88. The van der Waals surface area contributed by atoms with E-state index in [4.69, 9.17) is 14.2 Å². The minimum atomic E-state index is -0.559. The molecule has 0 atom stereocenters. The molecule has 0 aliphatic rings. The van der Waals surface area contributed by atoms with E-state index in [2.05, 4.69) is 13.8 Å². The Kier molecular flexibility index (Phi) is 8.03. The van der Waals surface area contributed by atoms with Gasteiger partial charge >= 0.3 is 11.9 Å². The summed E-state index contributed by atoms with van der Waals surface area (Å²) in [6.07, 6.45) is 4.06. The van der Waals surface area contributed by atoms with Crippen molar-refractivity contribution in [1.82, 2.24) is 0 Å². The standard InChI is InChI=1S/C27H28O5/c1-4-6-19-8-13-22(14-9-19)31-26(28)21-12-17-24(25(18-21)30-3)27(29)32-23-15-10-20(7-5-2)11-16-23/h8-18H,4-7H2,1-3H3. The third-order valence-corrected chi connectivity index (χ3v) is 5.00. The van der Waals surface area contributed by atoms with Crippen LogP contribution in [0.3, 0.4) is 0 Å². The Balaban J connectivity index is 1.70. The highest BCUT2D eigenvalue weighted by atomic mass is 16.5. The van der Waals surface area contributed by atoms with Gasteiger partial charge in [0.15, 0.2) is 0 Å². The Labute approximate surface area is 188 Å². The highest BCUT2D eigenvalue weighted by Gasteiger charge is 2.18. The SMILES string of the molecule is CCCc1ccc(OC(=O)c2ccc(C(=O)Oc3ccc(CCC)cc3)c(OC)c2)cc1. The second kappa shape index (κ2) is 11.1. The molecular formula is C27H28O5. The van der Waals surface area contributed by atoms with Crippen molar-refractivity contribution in [3.05, 3.63) is 89.0 Å². The minimum absolute atomic E-state index is 0.227. The summed E-state index contributed by atoms with van der Waals surface area (Å²) in [4.78, 5) is 25.2. The predicted molar refractivity (Wildman–Crippen MR) is 124 cm³/mol. The average molecular weight is 433 g/mol. The molecule has 0 radical (unpaired) electrons. The number of carbonyl (C=O) groups excluding carboxylic acids is 2. The topological polar surface area (TPSA) is 61.8 Å². The highest BCUT2D eigenvalue weighted by molar-refractivity contribution is 5.97. The van der Waals surface area contributed by atoms with Gasteiger partial charge in [0, 0.05) is 0 Å². The normalized spacial score (nSPS) is 10.5. The van der Waals surface area contributed by atoms with Crippen LogP contribution in [0, 0.1) is 0 Å². The fourth-order valence-corrected chi connectivity index (χ4v) is 3.34. The fourth-order valence-electron chi connectivity index (χ4n) is 3.34.